The Morgan fingerprint density at radius 1 is 1.41 bits per heavy atom. The van der Waals surface area contributed by atoms with Gasteiger partial charge in [0.05, 0.1) is 29.4 Å². The number of hydrogen-bond donors (Lipinski definition) is 3. The Balaban J connectivity index is 1.76. The first-order valence-electron chi connectivity index (χ1n) is 8.58. The Hall–Kier alpha value is -3.17. The third kappa shape index (κ3) is 4.52. The van der Waals surface area contributed by atoms with Gasteiger partial charge in [0.1, 0.15) is 6.54 Å². The molecule has 9 nitrogen and oxygen atoms in total. The molecular formula is C17H20FN7O2. The zero-order chi connectivity index (χ0) is 19.6. The van der Waals surface area contributed by atoms with Gasteiger partial charge in [0, 0.05) is 12.2 Å². The molecule has 0 unspecified atom stereocenters. The normalized spacial score (nSPS) is 18.7. The van der Waals surface area contributed by atoms with Crippen LogP contribution >= 0.6 is 0 Å². The van der Waals surface area contributed by atoms with E-state index in [4.69, 9.17) is 5.41 Å². The van der Waals surface area contributed by atoms with Crippen molar-refractivity contribution in [3.05, 3.63) is 30.0 Å². The van der Waals surface area contributed by atoms with Crippen molar-refractivity contribution in [3.63, 3.8) is 0 Å². The van der Waals surface area contributed by atoms with E-state index in [1.165, 1.54) is 6.20 Å². The zero-order valence-electron chi connectivity index (χ0n) is 15.0. The molecule has 0 saturated heterocycles. The van der Waals surface area contributed by atoms with E-state index in [-0.39, 0.29) is 29.7 Å². The fourth-order valence-corrected chi connectivity index (χ4v) is 2.38. The smallest absolute Gasteiger partial charge is 0.278 e. The minimum absolute atomic E-state index is 0.0571. The maximum Gasteiger partial charge on any atom is 0.278 e. The number of carbonyl (C=O) groups excluding carboxylic acids is 2. The monoisotopic (exact) mass is 373 g/mol. The van der Waals surface area contributed by atoms with Gasteiger partial charge in [0.15, 0.2) is 5.82 Å². The number of anilines is 1. The Morgan fingerprint density at radius 2 is 2.07 bits per heavy atom. The highest BCUT2D eigenvalue weighted by atomic mass is 19.1. The van der Waals surface area contributed by atoms with Crippen LogP contribution in [0.3, 0.4) is 0 Å². The number of hydrogen-bond acceptors (Lipinski definition) is 7. The molecule has 27 heavy (non-hydrogen) atoms. The number of aromatic nitrogens is 2. The summed E-state index contributed by atoms with van der Waals surface area (Å²) in [6.07, 6.45) is 5.44. The second-order valence-electron chi connectivity index (χ2n) is 6.65. The van der Waals surface area contributed by atoms with Gasteiger partial charge in [-0.15, -0.1) is 0 Å². The fourth-order valence-electron chi connectivity index (χ4n) is 2.38. The first-order chi connectivity index (χ1) is 12.8. The minimum atomic E-state index is -0.623. The van der Waals surface area contributed by atoms with Crippen molar-refractivity contribution in [2.45, 2.75) is 32.7 Å². The maximum atomic E-state index is 12.8. The van der Waals surface area contributed by atoms with Gasteiger partial charge >= 0.3 is 0 Å². The highest BCUT2D eigenvalue weighted by molar-refractivity contribution is 6.54. The Morgan fingerprint density at radius 3 is 2.67 bits per heavy atom. The predicted molar refractivity (Wildman–Crippen MR) is 96.6 cm³/mol. The zero-order valence-corrected chi connectivity index (χ0v) is 15.0. The number of carbonyl (C=O) groups is 2. The van der Waals surface area contributed by atoms with Crippen molar-refractivity contribution in [1.29, 1.82) is 5.41 Å². The average Bonchev–Trinajstić information content (AvgIpc) is 3.43. The second-order valence-corrected chi connectivity index (χ2v) is 6.65. The molecule has 0 atom stereocenters. The van der Waals surface area contributed by atoms with Crippen molar-refractivity contribution in [1.82, 2.24) is 20.3 Å². The molecule has 0 bridgehead atoms. The molecule has 0 aromatic carbocycles. The topological polar surface area (TPSA) is 123 Å². The second kappa shape index (κ2) is 7.60. The molecular weight excluding hydrogens is 353 g/mol. The maximum absolute atomic E-state index is 12.8. The number of amides is 2. The van der Waals surface area contributed by atoms with Gasteiger partial charge in [0.2, 0.25) is 11.9 Å². The lowest BCUT2D eigenvalue weighted by atomic mass is 9.96. The summed E-state index contributed by atoms with van der Waals surface area (Å²) in [5.74, 6) is -1.90. The molecule has 0 radical (unpaired) electrons. The molecule has 3 N–H and O–H groups in total. The van der Waals surface area contributed by atoms with Crippen LogP contribution in [0.1, 0.15) is 26.7 Å². The van der Waals surface area contributed by atoms with E-state index in [1.54, 1.807) is 0 Å². The van der Waals surface area contributed by atoms with E-state index in [9.17, 15) is 14.0 Å². The van der Waals surface area contributed by atoms with Crippen LogP contribution in [-0.2, 0) is 9.59 Å². The largest absolute Gasteiger partial charge is 0.387 e. The van der Waals surface area contributed by atoms with Crippen LogP contribution in [0.4, 0.5) is 10.3 Å². The third-order valence-corrected chi connectivity index (χ3v) is 3.97. The highest BCUT2D eigenvalue weighted by Crippen LogP contribution is 2.21. The molecule has 142 valence electrons. The first-order valence-corrected chi connectivity index (χ1v) is 8.58. The van der Waals surface area contributed by atoms with Crippen molar-refractivity contribution in [2.24, 2.45) is 11.0 Å². The van der Waals surface area contributed by atoms with Crippen LogP contribution < -0.4 is 10.6 Å². The molecule has 1 fully saturated rings. The number of nitrogens with one attached hydrogen (secondary N) is 3. The minimum Gasteiger partial charge on any atom is -0.387 e. The van der Waals surface area contributed by atoms with Crippen molar-refractivity contribution in [2.75, 3.05) is 11.9 Å². The molecule has 1 saturated carbocycles. The highest BCUT2D eigenvalue weighted by Gasteiger charge is 2.33. The molecule has 10 heteroatoms. The Bertz CT molecular complexity index is 828. The van der Waals surface area contributed by atoms with Crippen molar-refractivity contribution < 1.29 is 14.0 Å². The van der Waals surface area contributed by atoms with Crippen LogP contribution in [0, 0.1) is 17.1 Å². The van der Waals surface area contributed by atoms with Gasteiger partial charge in [0.25, 0.3) is 5.91 Å². The van der Waals surface area contributed by atoms with E-state index < -0.39 is 17.6 Å². The average molecular weight is 373 g/mol. The lowest BCUT2D eigenvalue weighted by molar-refractivity contribution is -0.131. The number of rotatable bonds is 6. The van der Waals surface area contributed by atoms with Crippen LogP contribution in [-0.4, -0.2) is 50.8 Å². The van der Waals surface area contributed by atoms with Crippen LogP contribution in [0.5, 0.6) is 0 Å². The van der Waals surface area contributed by atoms with E-state index >= 15 is 0 Å². The van der Waals surface area contributed by atoms with E-state index in [2.05, 4.69) is 25.7 Å². The molecule has 2 aliphatic rings. The lowest BCUT2D eigenvalue weighted by Crippen LogP contribution is -2.44. The molecule has 3 rings (SSSR count). The summed E-state index contributed by atoms with van der Waals surface area (Å²) < 4.78 is 12.8. The van der Waals surface area contributed by atoms with Crippen molar-refractivity contribution >= 4 is 29.2 Å². The lowest BCUT2D eigenvalue weighted by Gasteiger charge is -2.27. The molecule has 2 heterocycles. The van der Waals surface area contributed by atoms with E-state index in [0.29, 0.717) is 11.8 Å². The number of halogens is 1. The molecule has 1 aromatic rings. The van der Waals surface area contributed by atoms with Gasteiger partial charge in [-0.25, -0.2) is 19.4 Å². The number of hydrazone groups is 1. The number of nitrogens with zero attached hydrogens (tertiary/aromatic N) is 4. The Kier molecular flexibility index (Phi) is 5.24. The van der Waals surface area contributed by atoms with Crippen molar-refractivity contribution in [3.8, 4) is 0 Å². The molecule has 1 aromatic heterocycles. The third-order valence-electron chi connectivity index (χ3n) is 3.97. The van der Waals surface area contributed by atoms with E-state index in [1.807, 2.05) is 13.8 Å². The summed E-state index contributed by atoms with van der Waals surface area (Å²) in [5, 5.41) is 18.9. The first kappa shape index (κ1) is 18.6. The molecule has 1 aliphatic carbocycles. The summed E-state index contributed by atoms with van der Waals surface area (Å²) in [6.45, 7) is 3.35. The molecule has 0 spiro atoms. The fraction of sp³-hybridized carbons (Fsp3) is 0.412. The molecule has 1 aliphatic heterocycles. The summed E-state index contributed by atoms with van der Waals surface area (Å²) >= 11 is 0. The van der Waals surface area contributed by atoms with Crippen LogP contribution in [0.2, 0.25) is 0 Å². The summed E-state index contributed by atoms with van der Waals surface area (Å²) in [4.78, 5) is 32.2. The Labute approximate surface area is 155 Å². The summed E-state index contributed by atoms with van der Waals surface area (Å²) in [7, 11) is 0. The quantitative estimate of drug-likeness (QED) is 0.644. The van der Waals surface area contributed by atoms with Gasteiger partial charge in [-0.1, -0.05) is 13.8 Å². The standard InChI is InChI=1S/C17H20FN7O2/c1-9(2)15-14(19)12(7-20-11-3-4-11)16(27)25(24-15)8-13(26)23-17-21-5-10(18)6-22-17/h5-7,9,11,19-20H,3-4,8H2,1-2H3,(H,21,22,23,26)/b12-7+,19-14?. The van der Waals surface area contributed by atoms with Gasteiger partial charge in [-0.3, -0.25) is 20.3 Å². The molecule has 2 amide bonds. The summed E-state index contributed by atoms with van der Waals surface area (Å²) in [6, 6.07) is 0.326. The van der Waals surface area contributed by atoms with E-state index in [0.717, 1.165) is 30.2 Å². The van der Waals surface area contributed by atoms with Crippen LogP contribution in [0.15, 0.2) is 29.3 Å². The summed E-state index contributed by atoms with van der Waals surface area (Å²) in [5.41, 5.74) is 0.650. The van der Waals surface area contributed by atoms with Gasteiger partial charge in [-0.05, 0) is 18.8 Å². The predicted octanol–water partition coefficient (Wildman–Crippen LogP) is 1.06. The van der Waals surface area contributed by atoms with Crippen LogP contribution in [0.25, 0.3) is 0 Å². The van der Waals surface area contributed by atoms with Gasteiger partial charge < -0.3 is 5.32 Å². The SMILES string of the molecule is CC(C)C1=NN(CC(=O)Nc2ncc(F)cn2)C(=O)/C(=C/NC2CC2)C1=N. The van der Waals surface area contributed by atoms with Gasteiger partial charge in [-0.2, -0.15) is 5.10 Å².